The van der Waals surface area contributed by atoms with Crippen LogP contribution in [-0.2, 0) is 23.8 Å². The molecular weight excluding hydrogens is 226 g/mol. The number of carbonyl (C=O) groups excluding carboxylic acids is 2. The molecule has 2 aliphatic rings. The Balaban J connectivity index is 2.12. The van der Waals surface area contributed by atoms with Crippen LogP contribution < -0.4 is 0 Å². The van der Waals surface area contributed by atoms with Crippen LogP contribution in [0.3, 0.4) is 0 Å². The highest BCUT2D eigenvalue weighted by molar-refractivity contribution is 6.15. The molecule has 94 valence electrons. The molecule has 0 radical (unpaired) electrons. The van der Waals surface area contributed by atoms with E-state index in [9.17, 15) is 9.59 Å². The average molecular weight is 241 g/mol. The molecule has 17 heavy (non-hydrogen) atoms. The van der Waals surface area contributed by atoms with Gasteiger partial charge >= 0.3 is 11.9 Å². The number of esters is 2. The quantitative estimate of drug-likeness (QED) is 0.367. The van der Waals surface area contributed by atoms with Gasteiger partial charge in [-0.2, -0.15) is 0 Å². The summed E-state index contributed by atoms with van der Waals surface area (Å²) in [6.07, 6.45) is 1.49. The molecule has 2 aliphatic heterocycles. The first-order valence-corrected chi connectivity index (χ1v) is 5.48. The Morgan fingerprint density at radius 1 is 1.12 bits per heavy atom. The van der Waals surface area contributed by atoms with E-state index in [0.29, 0.717) is 26.3 Å². The summed E-state index contributed by atoms with van der Waals surface area (Å²) in [7, 11) is 0. The first kappa shape index (κ1) is 11.9. The number of cyclic esters (lactones) is 2. The maximum atomic E-state index is 11.6. The fraction of sp³-hybridized carbons (Fsp3) is 0.636. The van der Waals surface area contributed by atoms with Crippen molar-refractivity contribution in [1.82, 2.24) is 4.90 Å². The fourth-order valence-electron chi connectivity index (χ4n) is 1.66. The summed E-state index contributed by atoms with van der Waals surface area (Å²) in [6, 6.07) is 0. The van der Waals surface area contributed by atoms with Crippen LogP contribution in [0.1, 0.15) is 13.8 Å². The highest BCUT2D eigenvalue weighted by Gasteiger charge is 2.39. The van der Waals surface area contributed by atoms with Crippen molar-refractivity contribution in [1.29, 1.82) is 0 Å². The zero-order chi connectivity index (χ0) is 12.5. The summed E-state index contributed by atoms with van der Waals surface area (Å²) in [4.78, 5) is 25.1. The van der Waals surface area contributed by atoms with E-state index in [-0.39, 0.29) is 5.57 Å². The van der Waals surface area contributed by atoms with Gasteiger partial charge in [0.05, 0.1) is 13.2 Å². The standard InChI is InChI=1S/C11H15NO5/c1-11(2)16-9(13)8(10(14)17-11)7-12-3-5-15-6-4-12/h7H,3-6H2,1-2H3. The van der Waals surface area contributed by atoms with Crippen molar-refractivity contribution in [3.8, 4) is 0 Å². The molecule has 0 bridgehead atoms. The number of carbonyl (C=O) groups is 2. The number of ether oxygens (including phenoxy) is 3. The van der Waals surface area contributed by atoms with Crippen molar-refractivity contribution in [2.75, 3.05) is 26.3 Å². The third-order valence-electron chi connectivity index (χ3n) is 2.47. The van der Waals surface area contributed by atoms with Crippen molar-refractivity contribution >= 4 is 11.9 Å². The number of hydrogen-bond donors (Lipinski definition) is 0. The first-order chi connectivity index (χ1) is 7.98. The van der Waals surface area contributed by atoms with Crippen LogP contribution in [0.2, 0.25) is 0 Å². The third kappa shape index (κ3) is 2.76. The van der Waals surface area contributed by atoms with E-state index in [2.05, 4.69) is 0 Å². The summed E-state index contributed by atoms with van der Waals surface area (Å²) in [5.74, 6) is -2.47. The van der Waals surface area contributed by atoms with Crippen LogP contribution in [0.5, 0.6) is 0 Å². The van der Waals surface area contributed by atoms with E-state index in [1.165, 1.54) is 20.0 Å². The number of morpholine rings is 1. The van der Waals surface area contributed by atoms with Gasteiger partial charge in [0, 0.05) is 33.1 Å². The highest BCUT2D eigenvalue weighted by atomic mass is 16.7. The molecule has 2 rings (SSSR count). The predicted molar refractivity (Wildman–Crippen MR) is 56.7 cm³/mol. The lowest BCUT2D eigenvalue weighted by Crippen LogP contribution is -2.43. The lowest BCUT2D eigenvalue weighted by molar-refractivity contribution is -0.222. The monoisotopic (exact) mass is 241 g/mol. The Morgan fingerprint density at radius 2 is 1.65 bits per heavy atom. The zero-order valence-electron chi connectivity index (χ0n) is 9.89. The van der Waals surface area contributed by atoms with Crippen molar-refractivity contribution in [2.45, 2.75) is 19.6 Å². The van der Waals surface area contributed by atoms with Gasteiger partial charge in [-0.25, -0.2) is 9.59 Å². The van der Waals surface area contributed by atoms with Crippen LogP contribution in [-0.4, -0.2) is 48.9 Å². The van der Waals surface area contributed by atoms with Crippen LogP contribution >= 0.6 is 0 Å². The van der Waals surface area contributed by atoms with E-state index >= 15 is 0 Å². The number of rotatable bonds is 1. The third-order valence-corrected chi connectivity index (χ3v) is 2.47. The Hall–Kier alpha value is -1.56. The van der Waals surface area contributed by atoms with E-state index in [4.69, 9.17) is 14.2 Å². The number of nitrogens with zero attached hydrogens (tertiary/aromatic N) is 1. The number of hydrogen-bond acceptors (Lipinski definition) is 6. The van der Waals surface area contributed by atoms with E-state index in [1.54, 1.807) is 0 Å². The molecule has 0 aromatic heterocycles. The van der Waals surface area contributed by atoms with Crippen LogP contribution in [0.25, 0.3) is 0 Å². The molecule has 0 aromatic carbocycles. The van der Waals surface area contributed by atoms with Gasteiger partial charge in [-0.3, -0.25) is 0 Å². The Kier molecular flexibility index (Phi) is 3.06. The smallest absolute Gasteiger partial charge is 0.350 e. The summed E-state index contributed by atoms with van der Waals surface area (Å²) in [6.45, 7) is 5.50. The lowest BCUT2D eigenvalue weighted by atomic mass is 10.2. The topological polar surface area (TPSA) is 65.1 Å². The molecule has 0 saturated carbocycles. The van der Waals surface area contributed by atoms with E-state index < -0.39 is 17.7 Å². The van der Waals surface area contributed by atoms with Crippen LogP contribution in [0, 0.1) is 0 Å². The van der Waals surface area contributed by atoms with Crippen molar-refractivity contribution in [3.05, 3.63) is 11.8 Å². The van der Waals surface area contributed by atoms with Crippen molar-refractivity contribution in [2.24, 2.45) is 0 Å². The molecule has 0 spiro atoms. The molecule has 2 fully saturated rings. The summed E-state index contributed by atoms with van der Waals surface area (Å²) >= 11 is 0. The van der Waals surface area contributed by atoms with E-state index in [0.717, 1.165) is 0 Å². The molecule has 0 unspecified atom stereocenters. The summed E-state index contributed by atoms with van der Waals surface area (Å²) in [5, 5.41) is 0. The van der Waals surface area contributed by atoms with Crippen molar-refractivity contribution < 1.29 is 23.8 Å². The van der Waals surface area contributed by atoms with Gasteiger partial charge in [-0.15, -0.1) is 0 Å². The lowest BCUT2D eigenvalue weighted by Gasteiger charge is -2.31. The molecule has 0 N–H and O–H groups in total. The Labute approximate surface area is 99.1 Å². The SMILES string of the molecule is CC1(C)OC(=O)C(=CN2CCOCC2)C(=O)O1. The van der Waals surface area contributed by atoms with E-state index in [1.807, 2.05) is 4.90 Å². The minimum absolute atomic E-state index is 0.0637. The summed E-state index contributed by atoms with van der Waals surface area (Å²) < 4.78 is 15.2. The molecule has 6 heteroatoms. The minimum atomic E-state index is -1.18. The fourth-order valence-corrected chi connectivity index (χ4v) is 1.66. The molecule has 2 saturated heterocycles. The molecule has 0 aliphatic carbocycles. The van der Waals surface area contributed by atoms with Gasteiger partial charge in [0.15, 0.2) is 5.57 Å². The largest absolute Gasteiger partial charge is 0.419 e. The zero-order valence-corrected chi connectivity index (χ0v) is 9.89. The average Bonchev–Trinajstić information content (AvgIpc) is 2.24. The van der Waals surface area contributed by atoms with Crippen LogP contribution in [0.15, 0.2) is 11.8 Å². The Bertz CT molecular complexity index is 346. The second-order valence-corrected chi connectivity index (χ2v) is 4.37. The molecule has 0 amide bonds. The van der Waals surface area contributed by atoms with Gasteiger partial charge in [0.1, 0.15) is 0 Å². The Morgan fingerprint density at radius 3 is 2.18 bits per heavy atom. The molecule has 2 heterocycles. The van der Waals surface area contributed by atoms with Crippen LogP contribution in [0.4, 0.5) is 0 Å². The van der Waals surface area contributed by atoms with Gasteiger partial charge in [0.2, 0.25) is 0 Å². The second kappa shape index (κ2) is 4.37. The van der Waals surface area contributed by atoms with Crippen molar-refractivity contribution in [3.63, 3.8) is 0 Å². The van der Waals surface area contributed by atoms with Gasteiger partial charge in [0.25, 0.3) is 5.79 Å². The minimum Gasteiger partial charge on any atom is -0.419 e. The highest BCUT2D eigenvalue weighted by Crippen LogP contribution is 2.22. The maximum Gasteiger partial charge on any atom is 0.350 e. The van der Waals surface area contributed by atoms with Gasteiger partial charge < -0.3 is 19.1 Å². The maximum absolute atomic E-state index is 11.6. The summed E-state index contributed by atoms with van der Waals surface area (Å²) in [5.41, 5.74) is -0.0637. The predicted octanol–water partition coefficient (Wildman–Crippen LogP) is 0.0386. The normalized spacial score (nSPS) is 24.1. The second-order valence-electron chi connectivity index (χ2n) is 4.37. The molecule has 0 atom stereocenters. The molecule has 0 aromatic rings. The van der Waals surface area contributed by atoms with Gasteiger partial charge in [-0.1, -0.05) is 0 Å². The molecular formula is C11H15NO5. The first-order valence-electron chi connectivity index (χ1n) is 5.48. The molecule has 6 nitrogen and oxygen atoms in total. The van der Waals surface area contributed by atoms with Gasteiger partial charge in [-0.05, 0) is 0 Å².